The molecule has 0 spiro atoms. The van der Waals surface area contributed by atoms with Gasteiger partial charge in [0.05, 0.1) is 11.5 Å². The van der Waals surface area contributed by atoms with E-state index in [-0.39, 0.29) is 12.0 Å². The highest BCUT2D eigenvalue weighted by Gasteiger charge is 2.30. The van der Waals surface area contributed by atoms with E-state index < -0.39 is 10.0 Å². The number of nitrogens with two attached hydrogens (primary N) is 1. The van der Waals surface area contributed by atoms with E-state index in [9.17, 15) is 8.42 Å². The fraction of sp³-hybridized carbons (Fsp3) is 0.600. The zero-order chi connectivity index (χ0) is 14.9. The lowest BCUT2D eigenvalue weighted by atomic mass is 10.1. The molecule has 2 atom stereocenters. The van der Waals surface area contributed by atoms with Gasteiger partial charge in [0, 0.05) is 6.04 Å². The SMILES string of the molecule is NCC1CCCC1NS(=O)(=O)c1ccc2c(c1)CCCO2. The molecule has 2 unspecified atom stereocenters. The maximum absolute atomic E-state index is 12.5. The molecule has 1 aliphatic heterocycles. The molecule has 3 N–H and O–H groups in total. The van der Waals surface area contributed by atoms with E-state index in [4.69, 9.17) is 10.5 Å². The number of ether oxygens (including phenoxy) is 1. The zero-order valence-electron chi connectivity index (χ0n) is 12.0. The first-order valence-corrected chi connectivity index (χ1v) is 9.06. The molecule has 6 heteroatoms. The summed E-state index contributed by atoms with van der Waals surface area (Å²) in [4.78, 5) is 0.328. The minimum Gasteiger partial charge on any atom is -0.493 e. The molecule has 5 nitrogen and oxygen atoms in total. The van der Waals surface area contributed by atoms with Crippen molar-refractivity contribution in [3.63, 3.8) is 0 Å². The largest absolute Gasteiger partial charge is 0.493 e. The van der Waals surface area contributed by atoms with Crippen molar-refractivity contribution < 1.29 is 13.2 Å². The molecule has 0 radical (unpaired) electrons. The quantitative estimate of drug-likeness (QED) is 0.881. The van der Waals surface area contributed by atoms with E-state index in [0.717, 1.165) is 43.4 Å². The van der Waals surface area contributed by atoms with Crippen molar-refractivity contribution in [2.75, 3.05) is 13.2 Å². The van der Waals surface area contributed by atoms with Crippen molar-refractivity contribution in [1.29, 1.82) is 0 Å². The number of benzene rings is 1. The Balaban J connectivity index is 1.81. The Hall–Kier alpha value is -1.11. The number of hydrogen-bond donors (Lipinski definition) is 2. The van der Waals surface area contributed by atoms with Crippen LogP contribution in [0.1, 0.15) is 31.2 Å². The molecule has 21 heavy (non-hydrogen) atoms. The van der Waals surface area contributed by atoms with Crippen LogP contribution in [0.25, 0.3) is 0 Å². The first-order valence-electron chi connectivity index (χ1n) is 7.58. The van der Waals surface area contributed by atoms with Crippen molar-refractivity contribution in [2.45, 2.75) is 43.0 Å². The molecular weight excluding hydrogens is 288 g/mol. The van der Waals surface area contributed by atoms with Gasteiger partial charge in [-0.05, 0) is 61.9 Å². The molecule has 2 aliphatic rings. The minimum absolute atomic E-state index is 0.0349. The third-order valence-electron chi connectivity index (χ3n) is 4.46. The first kappa shape index (κ1) is 14.8. The van der Waals surface area contributed by atoms with Crippen molar-refractivity contribution in [1.82, 2.24) is 4.72 Å². The Morgan fingerprint density at radius 2 is 2.14 bits per heavy atom. The topological polar surface area (TPSA) is 81.4 Å². The summed E-state index contributed by atoms with van der Waals surface area (Å²) in [5.41, 5.74) is 6.70. The normalized spacial score (nSPS) is 25.4. The second-order valence-corrected chi connectivity index (χ2v) is 7.59. The molecule has 1 aliphatic carbocycles. The average Bonchev–Trinajstić information content (AvgIpc) is 2.93. The maximum atomic E-state index is 12.5. The van der Waals surface area contributed by atoms with Crippen LogP contribution in [-0.4, -0.2) is 27.6 Å². The summed E-state index contributed by atoms with van der Waals surface area (Å²) in [6.45, 7) is 1.24. The Kier molecular flexibility index (Phi) is 4.19. The second-order valence-electron chi connectivity index (χ2n) is 5.88. The molecular formula is C15H22N2O3S. The van der Waals surface area contributed by atoms with E-state index in [1.54, 1.807) is 18.2 Å². The van der Waals surface area contributed by atoms with Gasteiger partial charge in [0.15, 0.2) is 0 Å². The summed E-state index contributed by atoms with van der Waals surface area (Å²) in [6, 6.07) is 5.09. The molecule has 0 aromatic heterocycles. The predicted molar refractivity (Wildman–Crippen MR) is 80.8 cm³/mol. The summed E-state index contributed by atoms with van der Waals surface area (Å²) in [5, 5.41) is 0. The van der Waals surface area contributed by atoms with E-state index in [2.05, 4.69) is 4.72 Å². The number of hydrogen-bond acceptors (Lipinski definition) is 4. The van der Waals surface area contributed by atoms with Crippen LogP contribution in [0.3, 0.4) is 0 Å². The number of sulfonamides is 1. The number of aryl methyl sites for hydroxylation is 1. The van der Waals surface area contributed by atoms with Crippen LogP contribution >= 0.6 is 0 Å². The molecule has 1 aromatic rings. The molecule has 116 valence electrons. The van der Waals surface area contributed by atoms with Crippen LogP contribution in [0.4, 0.5) is 0 Å². The summed E-state index contributed by atoms with van der Waals surface area (Å²) >= 11 is 0. The van der Waals surface area contributed by atoms with Gasteiger partial charge >= 0.3 is 0 Å². The van der Waals surface area contributed by atoms with Crippen LogP contribution < -0.4 is 15.2 Å². The van der Waals surface area contributed by atoms with Crippen LogP contribution in [0.5, 0.6) is 5.75 Å². The molecule has 3 rings (SSSR count). The minimum atomic E-state index is -3.48. The summed E-state index contributed by atoms with van der Waals surface area (Å²) in [7, 11) is -3.48. The van der Waals surface area contributed by atoms with Crippen LogP contribution in [0.2, 0.25) is 0 Å². The highest BCUT2D eigenvalue weighted by atomic mass is 32.2. The van der Waals surface area contributed by atoms with E-state index in [1.165, 1.54) is 0 Å². The second kappa shape index (κ2) is 5.94. The van der Waals surface area contributed by atoms with Crippen LogP contribution in [0.15, 0.2) is 23.1 Å². The Bertz CT molecular complexity index is 615. The van der Waals surface area contributed by atoms with Gasteiger partial charge in [0.25, 0.3) is 0 Å². The lowest BCUT2D eigenvalue weighted by Crippen LogP contribution is -2.39. The zero-order valence-corrected chi connectivity index (χ0v) is 12.9. The number of rotatable bonds is 4. The van der Waals surface area contributed by atoms with E-state index >= 15 is 0 Å². The van der Waals surface area contributed by atoms with Crippen molar-refractivity contribution >= 4 is 10.0 Å². The Labute approximate surface area is 125 Å². The highest BCUT2D eigenvalue weighted by molar-refractivity contribution is 7.89. The standard InChI is InChI=1S/C15H22N2O3S/c16-10-12-3-1-5-14(12)17-21(18,19)13-6-7-15-11(9-13)4-2-8-20-15/h6-7,9,12,14,17H,1-5,8,10,16H2. The van der Waals surface area contributed by atoms with Crippen molar-refractivity contribution in [3.8, 4) is 5.75 Å². The van der Waals surface area contributed by atoms with Gasteiger partial charge < -0.3 is 10.5 Å². The molecule has 0 bridgehead atoms. The summed E-state index contributed by atoms with van der Waals surface area (Å²) in [6.07, 6.45) is 4.71. The third-order valence-corrected chi connectivity index (χ3v) is 5.95. The van der Waals surface area contributed by atoms with Gasteiger partial charge in [-0.2, -0.15) is 0 Å². The number of nitrogens with one attached hydrogen (secondary N) is 1. The average molecular weight is 310 g/mol. The predicted octanol–water partition coefficient (Wildman–Crippen LogP) is 1.42. The first-order chi connectivity index (χ1) is 10.1. The molecule has 1 aromatic carbocycles. The Morgan fingerprint density at radius 3 is 2.95 bits per heavy atom. The summed E-state index contributed by atoms with van der Waals surface area (Å²) < 4.78 is 33.4. The van der Waals surface area contributed by atoms with Gasteiger partial charge in [-0.1, -0.05) is 6.42 Å². The summed E-state index contributed by atoms with van der Waals surface area (Å²) in [5.74, 6) is 1.06. The lowest BCUT2D eigenvalue weighted by molar-refractivity contribution is 0.288. The monoisotopic (exact) mass is 310 g/mol. The molecule has 0 saturated heterocycles. The highest BCUT2D eigenvalue weighted by Crippen LogP contribution is 2.29. The third kappa shape index (κ3) is 3.07. The van der Waals surface area contributed by atoms with E-state index in [0.29, 0.717) is 18.0 Å². The van der Waals surface area contributed by atoms with Gasteiger partial charge in [0.2, 0.25) is 10.0 Å². The van der Waals surface area contributed by atoms with Crippen LogP contribution in [-0.2, 0) is 16.4 Å². The smallest absolute Gasteiger partial charge is 0.240 e. The van der Waals surface area contributed by atoms with Crippen molar-refractivity contribution in [3.05, 3.63) is 23.8 Å². The van der Waals surface area contributed by atoms with Gasteiger partial charge in [-0.25, -0.2) is 13.1 Å². The van der Waals surface area contributed by atoms with Gasteiger partial charge in [0.1, 0.15) is 5.75 Å². The fourth-order valence-electron chi connectivity index (χ4n) is 3.25. The van der Waals surface area contributed by atoms with Crippen LogP contribution in [0, 0.1) is 5.92 Å². The van der Waals surface area contributed by atoms with Gasteiger partial charge in [-0.3, -0.25) is 0 Å². The lowest BCUT2D eigenvalue weighted by Gasteiger charge is -2.21. The molecule has 1 saturated carbocycles. The molecule has 0 amide bonds. The Morgan fingerprint density at radius 1 is 1.29 bits per heavy atom. The van der Waals surface area contributed by atoms with Gasteiger partial charge in [-0.15, -0.1) is 0 Å². The fourth-order valence-corrected chi connectivity index (χ4v) is 4.63. The van der Waals surface area contributed by atoms with E-state index in [1.807, 2.05) is 0 Å². The number of fused-ring (bicyclic) bond motifs is 1. The maximum Gasteiger partial charge on any atom is 0.240 e. The molecule has 1 heterocycles. The molecule has 1 fully saturated rings. The van der Waals surface area contributed by atoms with Crippen molar-refractivity contribution in [2.24, 2.45) is 11.7 Å².